The Morgan fingerprint density at radius 3 is 2.70 bits per heavy atom. The fraction of sp³-hybridized carbons (Fsp3) is 0.625. The maximum Gasteiger partial charge on any atom is 0.137 e. The van der Waals surface area contributed by atoms with E-state index in [-0.39, 0.29) is 6.61 Å². The topological polar surface area (TPSA) is 37.3 Å². The number of hydrogen-bond donors (Lipinski definition) is 1. The maximum absolute atomic E-state index is 10.8. The Morgan fingerprint density at radius 1 is 1.50 bits per heavy atom. The summed E-state index contributed by atoms with van der Waals surface area (Å²) in [6, 6.07) is 0. The molecule has 0 atom stereocenters. The largest absolute Gasteiger partial charge is 0.392 e. The molecule has 1 N–H and O–H groups in total. The van der Waals surface area contributed by atoms with Crippen LogP contribution in [0.2, 0.25) is 0 Å². The Kier molecular flexibility index (Phi) is 2.22. The second-order valence-electron chi connectivity index (χ2n) is 2.76. The number of carbonyl (C=O) groups excluding carboxylic acids is 1. The van der Waals surface area contributed by atoms with Crippen LogP contribution < -0.4 is 0 Å². The van der Waals surface area contributed by atoms with E-state index in [1.165, 1.54) is 0 Å². The van der Waals surface area contributed by atoms with Crippen LogP contribution in [0.3, 0.4) is 0 Å². The van der Waals surface area contributed by atoms with Crippen molar-refractivity contribution in [3.8, 4) is 0 Å². The van der Waals surface area contributed by atoms with E-state index >= 15 is 0 Å². The minimum Gasteiger partial charge on any atom is -0.392 e. The van der Waals surface area contributed by atoms with Gasteiger partial charge in [0.1, 0.15) is 5.78 Å². The zero-order chi connectivity index (χ0) is 7.56. The molecule has 2 nitrogen and oxygen atoms in total. The average molecular weight is 140 g/mol. The Morgan fingerprint density at radius 2 is 2.20 bits per heavy atom. The van der Waals surface area contributed by atoms with Crippen LogP contribution in [0.1, 0.15) is 26.2 Å². The van der Waals surface area contributed by atoms with E-state index in [0.717, 1.165) is 17.6 Å². The van der Waals surface area contributed by atoms with Gasteiger partial charge in [-0.15, -0.1) is 0 Å². The molecule has 2 heteroatoms. The van der Waals surface area contributed by atoms with Crippen LogP contribution in [-0.2, 0) is 4.79 Å². The number of aliphatic hydroxyl groups is 1. The Balaban J connectivity index is 2.70. The van der Waals surface area contributed by atoms with Crippen LogP contribution in [0.4, 0.5) is 0 Å². The van der Waals surface area contributed by atoms with Crippen molar-refractivity contribution in [2.24, 2.45) is 0 Å². The molecule has 0 spiro atoms. The fourth-order valence-electron chi connectivity index (χ4n) is 1.23. The highest BCUT2D eigenvalue weighted by atomic mass is 16.3. The summed E-state index contributed by atoms with van der Waals surface area (Å²) in [5.74, 6) is 0.301. The van der Waals surface area contributed by atoms with Crippen molar-refractivity contribution in [3.05, 3.63) is 11.1 Å². The molecule has 0 unspecified atom stereocenters. The van der Waals surface area contributed by atoms with E-state index in [0.29, 0.717) is 18.6 Å². The standard InChI is InChI=1S/C8H12O2/c1-6-4-8(10)3-2-7(6)5-9/h9H,2-5H2,1H3. The lowest BCUT2D eigenvalue weighted by Crippen LogP contribution is -2.09. The van der Waals surface area contributed by atoms with Crippen LogP contribution in [0.5, 0.6) is 0 Å². The molecule has 0 aromatic carbocycles. The van der Waals surface area contributed by atoms with Gasteiger partial charge in [0.25, 0.3) is 0 Å². The molecule has 0 aromatic rings. The van der Waals surface area contributed by atoms with E-state index < -0.39 is 0 Å². The third kappa shape index (κ3) is 1.45. The van der Waals surface area contributed by atoms with Gasteiger partial charge in [-0.25, -0.2) is 0 Å². The number of ketones is 1. The lowest BCUT2D eigenvalue weighted by Gasteiger charge is -2.14. The summed E-state index contributed by atoms with van der Waals surface area (Å²) < 4.78 is 0. The van der Waals surface area contributed by atoms with E-state index in [1.54, 1.807) is 0 Å². The Bertz CT molecular complexity index is 180. The first kappa shape index (κ1) is 7.48. The highest BCUT2D eigenvalue weighted by molar-refractivity contribution is 5.82. The molecule has 1 rings (SSSR count). The predicted molar refractivity (Wildman–Crippen MR) is 38.6 cm³/mol. The van der Waals surface area contributed by atoms with Crippen molar-refractivity contribution in [2.75, 3.05) is 6.61 Å². The zero-order valence-electron chi connectivity index (χ0n) is 6.18. The van der Waals surface area contributed by atoms with Gasteiger partial charge in [0.15, 0.2) is 0 Å². The summed E-state index contributed by atoms with van der Waals surface area (Å²) >= 11 is 0. The molecule has 0 radical (unpaired) electrons. The van der Waals surface area contributed by atoms with Crippen LogP contribution in [0.25, 0.3) is 0 Å². The molecule has 0 heterocycles. The smallest absolute Gasteiger partial charge is 0.137 e. The third-order valence-electron chi connectivity index (χ3n) is 1.96. The highest BCUT2D eigenvalue weighted by Gasteiger charge is 2.13. The number of Topliss-reactive ketones (excluding diaryl/α,β-unsaturated/α-hetero) is 1. The monoisotopic (exact) mass is 140 g/mol. The van der Waals surface area contributed by atoms with Gasteiger partial charge in [-0.3, -0.25) is 4.79 Å². The van der Waals surface area contributed by atoms with Crippen LogP contribution >= 0.6 is 0 Å². The van der Waals surface area contributed by atoms with Crippen LogP contribution in [-0.4, -0.2) is 17.5 Å². The molecular weight excluding hydrogens is 128 g/mol. The van der Waals surface area contributed by atoms with Crippen molar-refractivity contribution >= 4 is 5.78 Å². The molecule has 0 saturated carbocycles. The molecule has 1 aliphatic carbocycles. The first-order valence-corrected chi connectivity index (χ1v) is 3.54. The minimum absolute atomic E-state index is 0.124. The normalized spacial score (nSPS) is 20.0. The number of hydrogen-bond acceptors (Lipinski definition) is 2. The molecule has 56 valence electrons. The second-order valence-corrected chi connectivity index (χ2v) is 2.76. The molecule has 0 saturated heterocycles. The van der Waals surface area contributed by atoms with Crippen LogP contribution in [0, 0.1) is 0 Å². The number of rotatable bonds is 1. The van der Waals surface area contributed by atoms with Gasteiger partial charge in [0, 0.05) is 12.8 Å². The predicted octanol–water partition coefficient (Wildman–Crippen LogP) is 1.05. The van der Waals surface area contributed by atoms with Gasteiger partial charge in [-0.1, -0.05) is 5.57 Å². The van der Waals surface area contributed by atoms with E-state index in [1.807, 2.05) is 6.92 Å². The molecule has 0 bridgehead atoms. The van der Waals surface area contributed by atoms with Crippen molar-refractivity contribution in [3.63, 3.8) is 0 Å². The van der Waals surface area contributed by atoms with Crippen molar-refractivity contribution in [1.29, 1.82) is 0 Å². The van der Waals surface area contributed by atoms with Gasteiger partial charge in [0.2, 0.25) is 0 Å². The summed E-state index contributed by atoms with van der Waals surface area (Å²) in [6.07, 6.45) is 1.93. The molecule has 10 heavy (non-hydrogen) atoms. The average Bonchev–Trinajstić information content (AvgIpc) is 1.88. The Hall–Kier alpha value is -0.630. The Labute approximate surface area is 60.6 Å². The van der Waals surface area contributed by atoms with Crippen LogP contribution in [0.15, 0.2) is 11.1 Å². The van der Waals surface area contributed by atoms with Crippen molar-refractivity contribution < 1.29 is 9.90 Å². The first-order valence-electron chi connectivity index (χ1n) is 3.54. The molecule has 0 aromatic heterocycles. The third-order valence-corrected chi connectivity index (χ3v) is 1.96. The zero-order valence-corrected chi connectivity index (χ0v) is 6.18. The van der Waals surface area contributed by atoms with Gasteiger partial charge < -0.3 is 5.11 Å². The van der Waals surface area contributed by atoms with Crippen molar-refractivity contribution in [2.45, 2.75) is 26.2 Å². The quantitative estimate of drug-likeness (QED) is 0.553. The summed E-state index contributed by atoms with van der Waals surface area (Å²) in [5, 5.41) is 8.78. The molecule has 1 aliphatic rings. The summed E-state index contributed by atoms with van der Waals surface area (Å²) in [6.45, 7) is 2.04. The number of allylic oxidation sites excluding steroid dienone is 1. The molecule has 0 aliphatic heterocycles. The van der Waals surface area contributed by atoms with E-state index in [2.05, 4.69) is 0 Å². The lowest BCUT2D eigenvalue weighted by atomic mass is 9.92. The first-order chi connectivity index (χ1) is 4.74. The van der Waals surface area contributed by atoms with Crippen molar-refractivity contribution in [1.82, 2.24) is 0 Å². The fourth-order valence-corrected chi connectivity index (χ4v) is 1.23. The summed E-state index contributed by atoms with van der Waals surface area (Å²) in [7, 11) is 0. The molecule has 0 amide bonds. The molecule has 0 fully saturated rings. The lowest BCUT2D eigenvalue weighted by molar-refractivity contribution is -0.118. The second kappa shape index (κ2) is 2.97. The summed E-state index contributed by atoms with van der Waals surface area (Å²) in [4.78, 5) is 10.8. The SMILES string of the molecule is CC1=C(CO)CCC(=O)C1. The number of carbonyl (C=O) groups is 1. The molecular formula is C8H12O2. The van der Waals surface area contributed by atoms with Gasteiger partial charge in [-0.2, -0.15) is 0 Å². The number of aliphatic hydroxyl groups excluding tert-OH is 1. The minimum atomic E-state index is 0.124. The highest BCUT2D eigenvalue weighted by Crippen LogP contribution is 2.20. The van der Waals surface area contributed by atoms with E-state index in [9.17, 15) is 4.79 Å². The van der Waals surface area contributed by atoms with E-state index in [4.69, 9.17) is 5.11 Å². The van der Waals surface area contributed by atoms with Gasteiger partial charge in [0.05, 0.1) is 6.61 Å². The van der Waals surface area contributed by atoms with Gasteiger partial charge >= 0.3 is 0 Å². The summed E-state index contributed by atoms with van der Waals surface area (Å²) in [5.41, 5.74) is 2.12. The maximum atomic E-state index is 10.8. The van der Waals surface area contributed by atoms with Gasteiger partial charge in [-0.05, 0) is 18.9 Å².